The third-order valence-corrected chi connectivity index (χ3v) is 13.1. The molecule has 0 spiro atoms. The van der Waals surface area contributed by atoms with Crippen molar-refractivity contribution in [3.63, 3.8) is 0 Å². The van der Waals surface area contributed by atoms with Crippen molar-refractivity contribution in [2.24, 2.45) is 0 Å². The van der Waals surface area contributed by atoms with Crippen LogP contribution in [0.4, 0.5) is 0 Å². The van der Waals surface area contributed by atoms with Gasteiger partial charge >= 0.3 is 17.6 Å². The van der Waals surface area contributed by atoms with Crippen molar-refractivity contribution < 1.29 is 26.6 Å². The minimum absolute atomic E-state index is 0.0871. The fourth-order valence-corrected chi connectivity index (χ4v) is 11.4. The van der Waals surface area contributed by atoms with Gasteiger partial charge in [-0.3, -0.25) is 4.90 Å². The summed E-state index contributed by atoms with van der Waals surface area (Å²) in [5.41, 5.74) is 0.983. The second-order valence-electron chi connectivity index (χ2n) is 8.16. The van der Waals surface area contributed by atoms with Crippen LogP contribution in [-0.2, 0) is 26.6 Å². The molecule has 1 aromatic rings. The summed E-state index contributed by atoms with van der Waals surface area (Å²) >= 11 is 0. The van der Waals surface area contributed by atoms with Crippen molar-refractivity contribution >= 4 is 23.7 Å². The molecule has 0 aliphatic carbocycles. The molecule has 2 unspecified atom stereocenters. The first-order valence-electron chi connectivity index (χ1n) is 13.8. The Balaban J connectivity index is 3.67. The zero-order chi connectivity index (χ0) is 26.9. The molecule has 0 amide bonds. The Morgan fingerprint density at radius 2 is 0.972 bits per heavy atom. The van der Waals surface area contributed by atoms with Gasteiger partial charge in [-0.15, -0.1) is 0 Å². The summed E-state index contributed by atoms with van der Waals surface area (Å²) in [4.78, 5) is 2.43. The molecule has 36 heavy (non-hydrogen) atoms. The second-order valence-corrected chi connectivity index (χ2v) is 13.6. The van der Waals surface area contributed by atoms with Crippen LogP contribution in [-0.4, -0.2) is 80.0 Å². The highest BCUT2D eigenvalue weighted by molar-refractivity contribution is 6.64. The summed E-state index contributed by atoms with van der Waals surface area (Å²) in [6.45, 7) is 20.2. The summed E-state index contributed by atoms with van der Waals surface area (Å²) < 4.78 is 38.5. The molecule has 0 radical (unpaired) electrons. The van der Waals surface area contributed by atoms with Crippen molar-refractivity contribution in [2.75, 3.05) is 46.2 Å². The Hall–Kier alpha value is -0.886. The van der Waals surface area contributed by atoms with Gasteiger partial charge in [0.15, 0.2) is 0 Å². The molecule has 0 bridgehead atoms. The summed E-state index contributed by atoms with van der Waals surface area (Å²) in [7, 11) is -6.19. The van der Waals surface area contributed by atoms with Gasteiger partial charge in [0.2, 0.25) is 0 Å². The van der Waals surface area contributed by atoms with E-state index in [4.69, 9.17) is 26.6 Å². The molecule has 1 rings (SSSR count). The smallest absolute Gasteiger partial charge is 0.373 e. The van der Waals surface area contributed by atoms with Gasteiger partial charge in [0.25, 0.3) is 0 Å². The van der Waals surface area contributed by atoms with E-state index >= 15 is 0 Å². The van der Waals surface area contributed by atoms with Crippen LogP contribution < -0.4 is 0 Å². The fraction of sp³-hybridized carbons (Fsp3) is 0.704. The van der Waals surface area contributed by atoms with Crippen LogP contribution in [0.3, 0.4) is 0 Å². The quantitative estimate of drug-likeness (QED) is 0.184. The molecule has 1 aromatic carbocycles. The van der Waals surface area contributed by atoms with Gasteiger partial charge in [-0.25, -0.2) is 0 Å². The maximum absolute atomic E-state index is 6.42. The lowest BCUT2D eigenvalue weighted by molar-refractivity contribution is 0.00563. The zero-order valence-corrected chi connectivity index (χ0v) is 26.0. The van der Waals surface area contributed by atoms with Gasteiger partial charge < -0.3 is 26.6 Å². The van der Waals surface area contributed by atoms with Gasteiger partial charge in [0.05, 0.1) is 11.3 Å². The standard InChI is InChI=1S/C27H51NO6Si2/c1-9-26(35(29-11-3,30-12-4)31-13-5)28(24-20-23-25-21-18-17-19-22-25)27(10-2)36(32-14-6,33-15-7)34-16-8/h17-23,26-27H,9-16,24H2,1-8H3/b23-20+. The van der Waals surface area contributed by atoms with Crippen molar-refractivity contribution in [3.05, 3.63) is 42.0 Å². The minimum Gasteiger partial charge on any atom is -0.373 e. The van der Waals surface area contributed by atoms with Gasteiger partial charge in [-0.2, -0.15) is 0 Å². The first-order valence-corrected chi connectivity index (χ1v) is 17.4. The van der Waals surface area contributed by atoms with E-state index in [-0.39, 0.29) is 11.3 Å². The summed E-state index contributed by atoms with van der Waals surface area (Å²) in [5.74, 6) is 0. The third kappa shape index (κ3) is 9.14. The van der Waals surface area contributed by atoms with E-state index in [0.29, 0.717) is 46.2 Å². The van der Waals surface area contributed by atoms with Crippen LogP contribution in [0.2, 0.25) is 0 Å². The Morgan fingerprint density at radius 1 is 0.611 bits per heavy atom. The molecule has 0 aliphatic heterocycles. The van der Waals surface area contributed by atoms with Gasteiger partial charge in [-0.05, 0) is 59.9 Å². The highest BCUT2D eigenvalue weighted by Crippen LogP contribution is 2.31. The van der Waals surface area contributed by atoms with E-state index < -0.39 is 17.6 Å². The van der Waals surface area contributed by atoms with Crippen LogP contribution in [0.5, 0.6) is 0 Å². The Kier molecular flexibility index (Phi) is 16.9. The van der Waals surface area contributed by atoms with E-state index in [1.807, 2.05) is 47.6 Å². The molecule has 7 nitrogen and oxygen atoms in total. The number of hydrogen-bond acceptors (Lipinski definition) is 7. The van der Waals surface area contributed by atoms with Crippen LogP contribution in [0.25, 0.3) is 6.08 Å². The first kappa shape index (κ1) is 33.1. The Labute approximate surface area is 222 Å². The van der Waals surface area contributed by atoms with Crippen molar-refractivity contribution in [1.82, 2.24) is 4.90 Å². The Bertz CT molecular complexity index is 641. The molecule has 0 saturated carbocycles. The lowest BCUT2D eigenvalue weighted by Crippen LogP contribution is -2.70. The number of nitrogens with zero attached hydrogens (tertiary/aromatic N) is 1. The van der Waals surface area contributed by atoms with E-state index in [1.54, 1.807) is 0 Å². The molecule has 2 atom stereocenters. The largest absolute Gasteiger partial charge is 0.519 e. The topological polar surface area (TPSA) is 58.6 Å². The molecule has 0 N–H and O–H groups in total. The molecule has 208 valence electrons. The predicted molar refractivity (Wildman–Crippen MR) is 152 cm³/mol. The summed E-state index contributed by atoms with van der Waals surface area (Å²) in [6, 6.07) is 10.3. The molecular formula is C27H51NO6Si2. The Morgan fingerprint density at radius 3 is 1.28 bits per heavy atom. The van der Waals surface area contributed by atoms with Crippen LogP contribution >= 0.6 is 0 Å². The molecule has 0 aliphatic rings. The highest BCUT2D eigenvalue weighted by atomic mass is 28.4. The van der Waals surface area contributed by atoms with Crippen molar-refractivity contribution in [3.8, 4) is 0 Å². The van der Waals surface area contributed by atoms with Gasteiger partial charge in [-0.1, -0.05) is 56.3 Å². The lowest BCUT2D eigenvalue weighted by atomic mass is 10.2. The maximum atomic E-state index is 6.42. The summed E-state index contributed by atoms with van der Waals surface area (Å²) in [6.07, 6.45) is 5.96. The minimum atomic E-state index is -3.10. The van der Waals surface area contributed by atoms with Crippen LogP contribution in [0.15, 0.2) is 36.4 Å². The number of rotatable bonds is 21. The van der Waals surface area contributed by atoms with E-state index in [0.717, 1.165) is 18.4 Å². The second kappa shape index (κ2) is 18.4. The van der Waals surface area contributed by atoms with Crippen molar-refractivity contribution in [2.45, 2.75) is 79.6 Å². The number of benzene rings is 1. The predicted octanol–water partition coefficient (Wildman–Crippen LogP) is 5.73. The molecular weight excluding hydrogens is 490 g/mol. The first-order chi connectivity index (χ1) is 17.5. The van der Waals surface area contributed by atoms with Gasteiger partial charge in [0, 0.05) is 46.2 Å². The summed E-state index contributed by atoms with van der Waals surface area (Å²) in [5, 5.41) is 0. The van der Waals surface area contributed by atoms with E-state index in [9.17, 15) is 0 Å². The SMILES string of the molecule is CCO[Si](OCC)(OCC)C(CC)N(C/C=C/c1ccccc1)C(CC)[Si](OCC)(OCC)OCC. The normalized spacial score (nSPS) is 14.6. The lowest BCUT2D eigenvalue weighted by Gasteiger charge is -2.47. The monoisotopic (exact) mass is 541 g/mol. The molecule has 0 fully saturated rings. The third-order valence-electron chi connectivity index (χ3n) is 5.89. The maximum Gasteiger partial charge on any atom is 0.519 e. The van der Waals surface area contributed by atoms with Crippen LogP contribution in [0, 0.1) is 0 Å². The highest BCUT2D eigenvalue weighted by Gasteiger charge is 2.58. The fourth-order valence-electron chi connectivity index (χ4n) is 4.76. The van der Waals surface area contributed by atoms with E-state index in [2.05, 4.69) is 55.2 Å². The average molecular weight is 542 g/mol. The molecule has 0 saturated heterocycles. The van der Waals surface area contributed by atoms with Crippen molar-refractivity contribution in [1.29, 1.82) is 0 Å². The molecule has 0 aromatic heterocycles. The van der Waals surface area contributed by atoms with Gasteiger partial charge in [0.1, 0.15) is 0 Å². The molecule has 9 heteroatoms. The molecule has 0 heterocycles. The zero-order valence-electron chi connectivity index (χ0n) is 24.0. The van der Waals surface area contributed by atoms with Crippen LogP contribution in [0.1, 0.15) is 73.8 Å². The van der Waals surface area contributed by atoms with E-state index in [1.165, 1.54) is 0 Å². The average Bonchev–Trinajstić information content (AvgIpc) is 2.86. The number of hydrogen-bond donors (Lipinski definition) is 0.